The third-order valence-corrected chi connectivity index (χ3v) is 4.93. The van der Waals surface area contributed by atoms with Gasteiger partial charge in [-0.1, -0.05) is 58.9 Å². The standard InChI is InChI=1S/C18H28O/c1-13-10-11-18(19,12-14(13)2)16-8-6-15(7-9-16)17(3,4)5/h6-9,13-14,19H,10-12H2,1-5H3. The minimum absolute atomic E-state index is 0.176. The molecule has 1 saturated carbocycles. The second-order valence-corrected chi connectivity index (χ2v) is 7.56. The predicted molar refractivity (Wildman–Crippen MR) is 81.2 cm³/mol. The summed E-state index contributed by atoms with van der Waals surface area (Å²) in [7, 11) is 0. The van der Waals surface area contributed by atoms with E-state index < -0.39 is 5.60 Å². The second-order valence-electron chi connectivity index (χ2n) is 7.56. The molecule has 0 heterocycles. The molecule has 19 heavy (non-hydrogen) atoms. The first-order valence-electron chi connectivity index (χ1n) is 7.56. The molecule has 1 N–H and O–H groups in total. The minimum atomic E-state index is -0.609. The highest BCUT2D eigenvalue weighted by Crippen LogP contribution is 2.42. The summed E-state index contributed by atoms with van der Waals surface area (Å²) in [6, 6.07) is 8.61. The summed E-state index contributed by atoms with van der Waals surface area (Å²) in [5, 5.41) is 10.9. The molecule has 1 nitrogen and oxygen atoms in total. The van der Waals surface area contributed by atoms with Gasteiger partial charge in [-0.15, -0.1) is 0 Å². The third kappa shape index (κ3) is 3.02. The van der Waals surface area contributed by atoms with Gasteiger partial charge in [0, 0.05) is 0 Å². The van der Waals surface area contributed by atoms with Crippen molar-refractivity contribution in [2.24, 2.45) is 11.8 Å². The lowest BCUT2D eigenvalue weighted by Gasteiger charge is -2.39. The molecule has 106 valence electrons. The number of rotatable bonds is 1. The number of hydrogen-bond acceptors (Lipinski definition) is 1. The summed E-state index contributed by atoms with van der Waals surface area (Å²) in [5.41, 5.74) is 1.99. The normalized spacial score (nSPS) is 32.3. The van der Waals surface area contributed by atoms with Crippen molar-refractivity contribution in [2.45, 2.75) is 64.9 Å². The van der Waals surface area contributed by atoms with Crippen molar-refractivity contribution in [3.05, 3.63) is 35.4 Å². The summed E-state index contributed by atoms with van der Waals surface area (Å²) >= 11 is 0. The summed E-state index contributed by atoms with van der Waals surface area (Å²) < 4.78 is 0. The van der Waals surface area contributed by atoms with Gasteiger partial charge in [0.25, 0.3) is 0 Å². The molecule has 0 saturated heterocycles. The lowest BCUT2D eigenvalue weighted by molar-refractivity contribution is -0.0336. The van der Waals surface area contributed by atoms with E-state index in [1.165, 1.54) is 5.56 Å². The lowest BCUT2D eigenvalue weighted by Crippen LogP contribution is -2.35. The van der Waals surface area contributed by atoms with Crippen LogP contribution in [0.2, 0.25) is 0 Å². The van der Waals surface area contributed by atoms with Crippen molar-refractivity contribution in [3.8, 4) is 0 Å². The number of benzene rings is 1. The van der Waals surface area contributed by atoms with E-state index in [4.69, 9.17) is 0 Å². The van der Waals surface area contributed by atoms with Gasteiger partial charge >= 0.3 is 0 Å². The van der Waals surface area contributed by atoms with Gasteiger partial charge < -0.3 is 5.11 Å². The minimum Gasteiger partial charge on any atom is -0.385 e. The van der Waals surface area contributed by atoms with E-state index in [2.05, 4.69) is 58.9 Å². The van der Waals surface area contributed by atoms with Gasteiger partial charge in [-0.25, -0.2) is 0 Å². The average molecular weight is 260 g/mol. The quantitative estimate of drug-likeness (QED) is 0.780. The fourth-order valence-electron chi connectivity index (χ4n) is 3.13. The van der Waals surface area contributed by atoms with Gasteiger partial charge in [-0.05, 0) is 47.6 Å². The maximum absolute atomic E-state index is 10.9. The monoisotopic (exact) mass is 260 g/mol. The van der Waals surface area contributed by atoms with Gasteiger partial charge in [-0.3, -0.25) is 0 Å². The van der Waals surface area contributed by atoms with Gasteiger partial charge in [0.15, 0.2) is 0 Å². The van der Waals surface area contributed by atoms with Crippen LogP contribution in [0.3, 0.4) is 0 Å². The maximum Gasteiger partial charge on any atom is 0.0899 e. The zero-order chi connectivity index (χ0) is 14.3. The fraction of sp³-hybridized carbons (Fsp3) is 0.667. The van der Waals surface area contributed by atoms with Crippen LogP contribution in [0.25, 0.3) is 0 Å². The van der Waals surface area contributed by atoms with Gasteiger partial charge in [-0.2, -0.15) is 0 Å². The van der Waals surface area contributed by atoms with Crippen LogP contribution in [-0.4, -0.2) is 5.11 Å². The molecule has 1 aliphatic carbocycles. The van der Waals surface area contributed by atoms with Gasteiger partial charge in [0.05, 0.1) is 5.60 Å². The molecule has 3 atom stereocenters. The van der Waals surface area contributed by atoms with Crippen molar-refractivity contribution in [1.82, 2.24) is 0 Å². The zero-order valence-corrected chi connectivity index (χ0v) is 13.0. The topological polar surface area (TPSA) is 20.2 Å². The van der Waals surface area contributed by atoms with Gasteiger partial charge in [0.2, 0.25) is 0 Å². The predicted octanol–water partition coefficient (Wildman–Crippen LogP) is 4.63. The molecule has 1 fully saturated rings. The molecule has 1 aromatic carbocycles. The molecule has 0 bridgehead atoms. The molecular formula is C18H28O. The van der Waals surface area contributed by atoms with Crippen LogP contribution in [0.4, 0.5) is 0 Å². The molecule has 3 unspecified atom stereocenters. The molecule has 2 rings (SSSR count). The van der Waals surface area contributed by atoms with E-state index in [0.29, 0.717) is 5.92 Å². The fourth-order valence-corrected chi connectivity index (χ4v) is 3.13. The lowest BCUT2D eigenvalue weighted by atomic mass is 9.70. The van der Waals surface area contributed by atoms with E-state index in [9.17, 15) is 5.11 Å². The van der Waals surface area contributed by atoms with Crippen molar-refractivity contribution < 1.29 is 5.11 Å². The Hall–Kier alpha value is -0.820. The first-order valence-corrected chi connectivity index (χ1v) is 7.56. The van der Waals surface area contributed by atoms with Crippen molar-refractivity contribution >= 4 is 0 Å². The Kier molecular flexibility index (Phi) is 3.79. The Morgan fingerprint density at radius 1 is 1.05 bits per heavy atom. The second kappa shape index (κ2) is 4.94. The van der Waals surface area contributed by atoms with Crippen LogP contribution in [0.5, 0.6) is 0 Å². The van der Waals surface area contributed by atoms with Crippen molar-refractivity contribution in [1.29, 1.82) is 0 Å². The Morgan fingerprint density at radius 2 is 1.63 bits per heavy atom. The highest BCUT2D eigenvalue weighted by Gasteiger charge is 2.37. The zero-order valence-electron chi connectivity index (χ0n) is 13.0. The highest BCUT2D eigenvalue weighted by atomic mass is 16.3. The molecule has 0 radical (unpaired) electrons. The molecular weight excluding hydrogens is 232 g/mol. The Balaban J connectivity index is 2.22. The molecule has 0 aliphatic heterocycles. The van der Waals surface area contributed by atoms with Crippen LogP contribution in [0.15, 0.2) is 24.3 Å². The summed E-state index contributed by atoms with van der Waals surface area (Å²) in [6.45, 7) is 11.2. The average Bonchev–Trinajstić information content (AvgIpc) is 2.34. The molecule has 0 amide bonds. The summed E-state index contributed by atoms with van der Waals surface area (Å²) in [6.07, 6.45) is 2.91. The Bertz CT molecular complexity index is 426. The van der Waals surface area contributed by atoms with E-state index in [1.54, 1.807) is 0 Å². The van der Waals surface area contributed by atoms with Crippen LogP contribution >= 0.6 is 0 Å². The first-order chi connectivity index (χ1) is 8.72. The maximum atomic E-state index is 10.9. The Labute approximate surface area is 118 Å². The largest absolute Gasteiger partial charge is 0.385 e. The smallest absolute Gasteiger partial charge is 0.0899 e. The van der Waals surface area contributed by atoms with Crippen molar-refractivity contribution in [2.75, 3.05) is 0 Å². The summed E-state index contributed by atoms with van der Waals surface area (Å²) in [4.78, 5) is 0. The molecule has 0 aromatic heterocycles. The number of hydrogen-bond donors (Lipinski definition) is 1. The molecule has 0 spiro atoms. The molecule has 1 aromatic rings. The van der Waals surface area contributed by atoms with Crippen LogP contribution in [0.1, 0.15) is 65.0 Å². The van der Waals surface area contributed by atoms with E-state index in [1.807, 2.05) is 0 Å². The summed E-state index contributed by atoms with van der Waals surface area (Å²) in [5.74, 6) is 1.33. The Morgan fingerprint density at radius 3 is 2.11 bits per heavy atom. The van der Waals surface area contributed by atoms with Crippen LogP contribution in [0, 0.1) is 11.8 Å². The first kappa shape index (κ1) is 14.6. The SMILES string of the molecule is CC1CCC(O)(c2ccc(C(C)(C)C)cc2)CC1C. The third-order valence-electron chi connectivity index (χ3n) is 4.93. The highest BCUT2D eigenvalue weighted by molar-refractivity contribution is 5.31. The van der Waals surface area contributed by atoms with Crippen LogP contribution in [-0.2, 0) is 11.0 Å². The van der Waals surface area contributed by atoms with E-state index in [0.717, 1.165) is 30.7 Å². The molecule has 1 aliphatic rings. The van der Waals surface area contributed by atoms with Crippen LogP contribution < -0.4 is 0 Å². The number of aliphatic hydroxyl groups is 1. The van der Waals surface area contributed by atoms with E-state index >= 15 is 0 Å². The van der Waals surface area contributed by atoms with Crippen molar-refractivity contribution in [3.63, 3.8) is 0 Å². The molecule has 1 heteroatoms. The van der Waals surface area contributed by atoms with E-state index in [-0.39, 0.29) is 5.41 Å². The van der Waals surface area contributed by atoms with Gasteiger partial charge in [0.1, 0.15) is 0 Å².